The van der Waals surface area contributed by atoms with Crippen LogP contribution in [0.4, 0.5) is 0 Å². The lowest BCUT2D eigenvalue weighted by Gasteiger charge is -2.37. The van der Waals surface area contributed by atoms with Crippen LogP contribution in [0, 0.1) is 11.3 Å². The van der Waals surface area contributed by atoms with Crippen LogP contribution in [0.2, 0.25) is 0 Å². The van der Waals surface area contributed by atoms with Crippen LogP contribution < -0.4 is 5.32 Å². The molecule has 3 heteroatoms. The highest BCUT2D eigenvalue weighted by Gasteiger charge is 2.41. The van der Waals surface area contributed by atoms with Gasteiger partial charge in [-0.15, -0.1) is 0 Å². The monoisotopic (exact) mass is 253 g/mol. The summed E-state index contributed by atoms with van der Waals surface area (Å²) in [5.41, 5.74) is -0.482. The number of aliphatic carboxylic acids is 1. The van der Waals surface area contributed by atoms with Crippen LogP contribution in [0.25, 0.3) is 0 Å². The van der Waals surface area contributed by atoms with Crippen LogP contribution in [0.5, 0.6) is 0 Å². The van der Waals surface area contributed by atoms with Crippen LogP contribution in [0.15, 0.2) is 0 Å². The summed E-state index contributed by atoms with van der Waals surface area (Å²) in [6.07, 6.45) is 10.2. The topological polar surface area (TPSA) is 49.3 Å². The van der Waals surface area contributed by atoms with Crippen molar-refractivity contribution in [3.63, 3.8) is 0 Å². The molecule has 0 saturated heterocycles. The van der Waals surface area contributed by atoms with Gasteiger partial charge in [-0.3, -0.25) is 4.79 Å². The second-order valence-corrected chi connectivity index (χ2v) is 6.48. The van der Waals surface area contributed by atoms with Gasteiger partial charge in [0.1, 0.15) is 0 Å². The number of carboxylic acids is 1. The minimum Gasteiger partial charge on any atom is -0.481 e. The molecule has 2 aliphatic carbocycles. The minimum absolute atomic E-state index is 0.482. The number of hydrogen-bond donors (Lipinski definition) is 2. The number of rotatable bonds is 4. The highest BCUT2D eigenvalue weighted by atomic mass is 16.4. The molecule has 104 valence electrons. The normalized spacial score (nSPS) is 34.4. The van der Waals surface area contributed by atoms with Crippen LogP contribution in [0.3, 0.4) is 0 Å². The molecule has 18 heavy (non-hydrogen) atoms. The average Bonchev–Trinajstić information content (AvgIpc) is 2.39. The van der Waals surface area contributed by atoms with Crippen molar-refractivity contribution >= 4 is 5.97 Å². The van der Waals surface area contributed by atoms with Gasteiger partial charge in [-0.05, 0) is 44.4 Å². The Hall–Kier alpha value is -0.570. The molecular weight excluding hydrogens is 226 g/mol. The van der Waals surface area contributed by atoms with Gasteiger partial charge in [0.15, 0.2) is 0 Å². The zero-order chi connectivity index (χ0) is 13.0. The third-order valence-corrected chi connectivity index (χ3v) is 5.02. The Morgan fingerprint density at radius 1 is 1.17 bits per heavy atom. The van der Waals surface area contributed by atoms with E-state index in [0.29, 0.717) is 18.5 Å². The Kier molecular flexibility index (Phi) is 4.66. The molecule has 2 rings (SSSR count). The Bertz CT molecular complexity index is 276. The first-order chi connectivity index (χ1) is 8.62. The van der Waals surface area contributed by atoms with Gasteiger partial charge in [-0.1, -0.05) is 26.2 Å². The van der Waals surface area contributed by atoms with E-state index >= 15 is 0 Å². The van der Waals surface area contributed by atoms with Gasteiger partial charge in [-0.2, -0.15) is 0 Å². The summed E-state index contributed by atoms with van der Waals surface area (Å²) in [5.74, 6) is 0.116. The fourth-order valence-electron chi connectivity index (χ4n) is 3.43. The maximum Gasteiger partial charge on any atom is 0.310 e. The summed E-state index contributed by atoms with van der Waals surface area (Å²) >= 11 is 0. The molecule has 3 nitrogen and oxygen atoms in total. The first-order valence-corrected chi connectivity index (χ1v) is 7.59. The van der Waals surface area contributed by atoms with Crippen molar-refractivity contribution in [1.82, 2.24) is 5.32 Å². The molecule has 0 aromatic rings. The summed E-state index contributed by atoms with van der Waals surface area (Å²) in [4.78, 5) is 11.6. The lowest BCUT2D eigenvalue weighted by molar-refractivity contribution is -0.151. The predicted octanol–water partition coefficient (Wildman–Crippen LogP) is 3.19. The Morgan fingerprint density at radius 2 is 1.78 bits per heavy atom. The van der Waals surface area contributed by atoms with Gasteiger partial charge in [-0.25, -0.2) is 0 Å². The van der Waals surface area contributed by atoms with Crippen molar-refractivity contribution in [3.05, 3.63) is 0 Å². The molecule has 0 amide bonds. The molecule has 0 aromatic carbocycles. The van der Waals surface area contributed by atoms with Crippen LogP contribution >= 0.6 is 0 Å². The second kappa shape index (κ2) is 6.05. The van der Waals surface area contributed by atoms with E-state index in [-0.39, 0.29) is 0 Å². The molecule has 2 aliphatic rings. The van der Waals surface area contributed by atoms with Crippen LogP contribution in [0.1, 0.15) is 64.7 Å². The zero-order valence-corrected chi connectivity index (χ0v) is 11.6. The van der Waals surface area contributed by atoms with Gasteiger partial charge in [0.05, 0.1) is 5.41 Å². The summed E-state index contributed by atoms with van der Waals surface area (Å²) in [6.45, 7) is 2.92. The standard InChI is InChI=1S/C15H27NO2/c1-12-7-9-15(10-8-12,14(17)18)11-16-13-5-3-2-4-6-13/h12-13,16H,2-11H2,1H3,(H,17,18). The predicted molar refractivity (Wildman–Crippen MR) is 72.6 cm³/mol. The SMILES string of the molecule is CC1CCC(CNC2CCCCC2)(C(=O)O)CC1. The molecule has 0 bridgehead atoms. The second-order valence-electron chi connectivity index (χ2n) is 6.48. The van der Waals surface area contributed by atoms with E-state index in [9.17, 15) is 9.90 Å². The quantitative estimate of drug-likeness (QED) is 0.809. The van der Waals surface area contributed by atoms with E-state index in [0.717, 1.165) is 25.7 Å². The number of carboxylic acid groups (broad SMARTS) is 1. The van der Waals surface area contributed by atoms with Crippen molar-refractivity contribution in [2.24, 2.45) is 11.3 Å². The third-order valence-electron chi connectivity index (χ3n) is 5.02. The summed E-state index contributed by atoms with van der Waals surface area (Å²) in [6, 6.07) is 0.564. The van der Waals surface area contributed by atoms with Gasteiger partial charge in [0.25, 0.3) is 0 Å². The molecule has 0 heterocycles. The highest BCUT2D eigenvalue weighted by Crippen LogP contribution is 2.39. The molecule has 0 spiro atoms. The van der Waals surface area contributed by atoms with Crippen LogP contribution in [-0.4, -0.2) is 23.7 Å². The molecule has 2 fully saturated rings. The van der Waals surface area contributed by atoms with Crippen LogP contribution in [-0.2, 0) is 4.79 Å². The molecule has 0 aliphatic heterocycles. The van der Waals surface area contributed by atoms with Crippen molar-refractivity contribution in [2.75, 3.05) is 6.54 Å². The van der Waals surface area contributed by atoms with Crippen molar-refractivity contribution in [1.29, 1.82) is 0 Å². The fraction of sp³-hybridized carbons (Fsp3) is 0.933. The lowest BCUT2D eigenvalue weighted by Crippen LogP contribution is -2.46. The van der Waals surface area contributed by atoms with E-state index in [4.69, 9.17) is 0 Å². The minimum atomic E-state index is -0.585. The molecule has 0 radical (unpaired) electrons. The first-order valence-electron chi connectivity index (χ1n) is 7.59. The van der Waals surface area contributed by atoms with Gasteiger partial charge < -0.3 is 10.4 Å². The zero-order valence-electron chi connectivity index (χ0n) is 11.6. The van der Waals surface area contributed by atoms with Crippen molar-refractivity contribution in [3.8, 4) is 0 Å². The smallest absolute Gasteiger partial charge is 0.310 e. The Labute approximate surface area is 110 Å². The van der Waals surface area contributed by atoms with E-state index in [1.807, 2.05) is 0 Å². The largest absolute Gasteiger partial charge is 0.481 e. The lowest BCUT2D eigenvalue weighted by atomic mass is 9.70. The van der Waals surface area contributed by atoms with Gasteiger partial charge >= 0.3 is 5.97 Å². The maximum absolute atomic E-state index is 11.6. The van der Waals surface area contributed by atoms with Crippen molar-refractivity contribution in [2.45, 2.75) is 70.8 Å². The number of nitrogens with one attached hydrogen (secondary N) is 1. The molecule has 0 unspecified atom stereocenters. The first kappa shape index (κ1) is 13.9. The molecule has 0 atom stereocenters. The highest BCUT2D eigenvalue weighted by molar-refractivity contribution is 5.75. The molecule has 0 aromatic heterocycles. The maximum atomic E-state index is 11.6. The Balaban J connectivity index is 1.87. The van der Waals surface area contributed by atoms with Gasteiger partial charge in [0, 0.05) is 12.6 Å². The van der Waals surface area contributed by atoms with Crippen molar-refractivity contribution < 1.29 is 9.90 Å². The van der Waals surface area contributed by atoms with E-state index in [1.54, 1.807) is 0 Å². The summed E-state index contributed by atoms with van der Waals surface area (Å²) in [7, 11) is 0. The third kappa shape index (κ3) is 3.25. The fourth-order valence-corrected chi connectivity index (χ4v) is 3.43. The average molecular weight is 253 g/mol. The van der Waals surface area contributed by atoms with E-state index < -0.39 is 11.4 Å². The summed E-state index contributed by atoms with van der Waals surface area (Å²) in [5, 5.41) is 13.1. The molecule has 2 saturated carbocycles. The van der Waals surface area contributed by atoms with E-state index in [1.165, 1.54) is 32.1 Å². The number of hydrogen-bond acceptors (Lipinski definition) is 2. The van der Waals surface area contributed by atoms with Gasteiger partial charge in [0.2, 0.25) is 0 Å². The van der Waals surface area contributed by atoms with E-state index in [2.05, 4.69) is 12.2 Å². The molecular formula is C15H27NO2. The molecule has 2 N–H and O–H groups in total. The Morgan fingerprint density at radius 3 is 2.33 bits per heavy atom. The summed E-state index contributed by atoms with van der Waals surface area (Å²) < 4.78 is 0. The number of carbonyl (C=O) groups is 1.